The standard InChI is InChI=1S/C19H19ClN4O3S/c1-12-8-16(17(27-3)9-15(12)20)22-18(25)10-28-19-23-21-11-24(19)13-4-6-14(26-2)7-5-13/h4-9,11H,10H2,1-3H3,(H,22,25). The molecule has 146 valence electrons. The Morgan fingerprint density at radius 3 is 2.64 bits per heavy atom. The summed E-state index contributed by atoms with van der Waals surface area (Å²) < 4.78 is 12.3. The zero-order valence-corrected chi connectivity index (χ0v) is 17.2. The van der Waals surface area contributed by atoms with Crippen LogP contribution in [0.2, 0.25) is 5.02 Å². The van der Waals surface area contributed by atoms with Crippen LogP contribution in [-0.2, 0) is 4.79 Å². The Bertz CT molecular complexity index is 976. The molecular formula is C19H19ClN4O3S. The first-order chi connectivity index (χ1) is 13.5. The van der Waals surface area contributed by atoms with Crippen LogP contribution in [0.25, 0.3) is 5.69 Å². The number of ether oxygens (including phenoxy) is 2. The molecule has 7 nitrogen and oxygen atoms in total. The number of methoxy groups -OCH3 is 2. The highest BCUT2D eigenvalue weighted by molar-refractivity contribution is 7.99. The summed E-state index contributed by atoms with van der Waals surface area (Å²) in [5.74, 6) is 1.25. The average molecular weight is 419 g/mol. The topological polar surface area (TPSA) is 78.3 Å². The summed E-state index contributed by atoms with van der Waals surface area (Å²) in [5, 5.41) is 12.1. The van der Waals surface area contributed by atoms with Crippen LogP contribution >= 0.6 is 23.4 Å². The molecule has 9 heteroatoms. The molecule has 1 amide bonds. The highest BCUT2D eigenvalue weighted by Gasteiger charge is 2.13. The van der Waals surface area contributed by atoms with Gasteiger partial charge in [-0.05, 0) is 42.8 Å². The second kappa shape index (κ2) is 8.99. The fraction of sp³-hybridized carbons (Fsp3) is 0.211. The van der Waals surface area contributed by atoms with Crippen LogP contribution in [0.3, 0.4) is 0 Å². The molecule has 2 aromatic carbocycles. The fourth-order valence-corrected chi connectivity index (χ4v) is 3.37. The van der Waals surface area contributed by atoms with Crippen LogP contribution in [0.1, 0.15) is 5.56 Å². The van der Waals surface area contributed by atoms with Crippen LogP contribution in [-0.4, -0.2) is 40.6 Å². The summed E-state index contributed by atoms with van der Waals surface area (Å²) in [4.78, 5) is 12.4. The van der Waals surface area contributed by atoms with E-state index in [1.54, 1.807) is 25.6 Å². The Kier molecular flexibility index (Phi) is 6.43. The van der Waals surface area contributed by atoms with E-state index >= 15 is 0 Å². The number of carbonyl (C=O) groups is 1. The molecule has 0 saturated carbocycles. The molecule has 0 aliphatic heterocycles. The largest absolute Gasteiger partial charge is 0.497 e. The third kappa shape index (κ3) is 4.58. The van der Waals surface area contributed by atoms with Crippen LogP contribution in [0.5, 0.6) is 11.5 Å². The number of nitrogens with one attached hydrogen (secondary N) is 1. The van der Waals surface area contributed by atoms with Crippen molar-refractivity contribution in [1.29, 1.82) is 0 Å². The van der Waals surface area contributed by atoms with Gasteiger partial charge in [0.2, 0.25) is 5.91 Å². The fourth-order valence-electron chi connectivity index (χ4n) is 2.49. The highest BCUT2D eigenvalue weighted by atomic mass is 35.5. The second-order valence-corrected chi connectivity index (χ2v) is 7.17. The molecule has 0 bridgehead atoms. The van der Waals surface area contributed by atoms with E-state index in [-0.39, 0.29) is 11.7 Å². The number of thioether (sulfide) groups is 1. The summed E-state index contributed by atoms with van der Waals surface area (Å²) >= 11 is 7.39. The molecular weight excluding hydrogens is 400 g/mol. The number of hydrogen-bond donors (Lipinski definition) is 1. The third-order valence-corrected chi connectivity index (χ3v) is 5.30. The Balaban J connectivity index is 1.67. The number of aryl methyl sites for hydroxylation is 1. The molecule has 3 aromatic rings. The van der Waals surface area contributed by atoms with Crippen molar-refractivity contribution in [3.63, 3.8) is 0 Å². The lowest BCUT2D eigenvalue weighted by molar-refractivity contribution is -0.113. The summed E-state index contributed by atoms with van der Waals surface area (Å²) in [6, 6.07) is 11.0. The number of nitrogens with zero attached hydrogens (tertiary/aromatic N) is 3. The molecule has 0 atom stereocenters. The zero-order valence-electron chi connectivity index (χ0n) is 15.6. The van der Waals surface area contributed by atoms with E-state index in [1.165, 1.54) is 18.9 Å². The highest BCUT2D eigenvalue weighted by Crippen LogP contribution is 2.31. The second-order valence-electron chi connectivity index (χ2n) is 5.82. The molecule has 1 heterocycles. The van der Waals surface area contributed by atoms with Gasteiger partial charge < -0.3 is 14.8 Å². The number of benzene rings is 2. The number of carbonyl (C=O) groups excluding carboxylic acids is 1. The van der Waals surface area contributed by atoms with Crippen LogP contribution < -0.4 is 14.8 Å². The average Bonchev–Trinajstić information content (AvgIpc) is 3.17. The lowest BCUT2D eigenvalue weighted by Crippen LogP contribution is -2.15. The van der Waals surface area contributed by atoms with E-state index in [4.69, 9.17) is 21.1 Å². The number of amides is 1. The summed E-state index contributed by atoms with van der Waals surface area (Å²) in [5.41, 5.74) is 2.31. The molecule has 0 spiro atoms. The Morgan fingerprint density at radius 1 is 1.21 bits per heavy atom. The van der Waals surface area contributed by atoms with E-state index in [9.17, 15) is 4.79 Å². The van der Waals surface area contributed by atoms with E-state index in [2.05, 4.69) is 15.5 Å². The molecule has 1 N–H and O–H groups in total. The Hall–Kier alpha value is -2.71. The van der Waals surface area contributed by atoms with E-state index in [1.807, 2.05) is 35.8 Å². The van der Waals surface area contributed by atoms with Crippen LogP contribution in [0, 0.1) is 6.92 Å². The summed E-state index contributed by atoms with van der Waals surface area (Å²) in [6.07, 6.45) is 1.60. The van der Waals surface area contributed by atoms with Gasteiger partial charge >= 0.3 is 0 Å². The molecule has 3 rings (SSSR count). The molecule has 0 saturated heterocycles. The number of rotatable bonds is 7. The van der Waals surface area contributed by atoms with Crippen molar-refractivity contribution < 1.29 is 14.3 Å². The quantitative estimate of drug-likeness (QED) is 0.585. The molecule has 0 aliphatic rings. The first-order valence-electron chi connectivity index (χ1n) is 8.33. The number of aromatic nitrogens is 3. The van der Waals surface area contributed by atoms with Gasteiger partial charge in [-0.3, -0.25) is 9.36 Å². The molecule has 0 aliphatic carbocycles. The first kappa shape index (κ1) is 20.0. The van der Waals surface area contributed by atoms with Crippen molar-refractivity contribution in [2.24, 2.45) is 0 Å². The van der Waals surface area contributed by atoms with Crippen LogP contribution in [0.4, 0.5) is 5.69 Å². The molecule has 0 radical (unpaired) electrons. The Labute approximate surface area is 172 Å². The summed E-state index contributed by atoms with van der Waals surface area (Å²) in [7, 11) is 3.15. The predicted octanol–water partition coefficient (Wildman–Crippen LogP) is 3.98. The van der Waals surface area contributed by atoms with Crippen molar-refractivity contribution in [3.8, 4) is 17.2 Å². The van der Waals surface area contributed by atoms with Gasteiger partial charge in [-0.25, -0.2) is 0 Å². The van der Waals surface area contributed by atoms with Crippen LogP contribution in [0.15, 0.2) is 47.9 Å². The van der Waals surface area contributed by atoms with Crippen molar-refractivity contribution in [3.05, 3.63) is 53.3 Å². The molecule has 0 fully saturated rings. The van der Waals surface area contributed by atoms with Crippen molar-refractivity contribution in [2.45, 2.75) is 12.1 Å². The molecule has 1 aromatic heterocycles. The van der Waals surface area contributed by atoms with Crippen molar-refractivity contribution in [1.82, 2.24) is 14.8 Å². The van der Waals surface area contributed by atoms with Gasteiger partial charge in [0.05, 0.1) is 25.7 Å². The van der Waals surface area contributed by atoms with Gasteiger partial charge in [0, 0.05) is 16.8 Å². The van der Waals surface area contributed by atoms with Gasteiger partial charge in [-0.2, -0.15) is 0 Å². The summed E-state index contributed by atoms with van der Waals surface area (Å²) in [6.45, 7) is 1.86. The zero-order chi connectivity index (χ0) is 20.1. The maximum atomic E-state index is 12.4. The minimum Gasteiger partial charge on any atom is -0.497 e. The van der Waals surface area contributed by atoms with Gasteiger partial charge in [-0.1, -0.05) is 23.4 Å². The normalized spacial score (nSPS) is 10.6. The monoisotopic (exact) mass is 418 g/mol. The maximum absolute atomic E-state index is 12.4. The Morgan fingerprint density at radius 2 is 1.96 bits per heavy atom. The van der Waals surface area contributed by atoms with Crippen molar-refractivity contribution >= 4 is 35.0 Å². The molecule has 28 heavy (non-hydrogen) atoms. The number of anilines is 1. The van der Waals surface area contributed by atoms with Gasteiger partial charge in [0.25, 0.3) is 0 Å². The lowest BCUT2D eigenvalue weighted by atomic mass is 10.2. The number of halogens is 1. The lowest BCUT2D eigenvalue weighted by Gasteiger charge is -2.12. The number of hydrogen-bond acceptors (Lipinski definition) is 6. The SMILES string of the molecule is COc1ccc(-n2cnnc2SCC(=O)Nc2cc(C)c(Cl)cc2OC)cc1. The van der Waals surface area contributed by atoms with E-state index in [0.29, 0.717) is 21.6 Å². The van der Waals surface area contributed by atoms with Crippen molar-refractivity contribution in [2.75, 3.05) is 25.3 Å². The van der Waals surface area contributed by atoms with E-state index in [0.717, 1.165) is 17.0 Å². The predicted molar refractivity (Wildman–Crippen MR) is 110 cm³/mol. The third-order valence-electron chi connectivity index (χ3n) is 3.95. The van der Waals surface area contributed by atoms with Gasteiger partial charge in [-0.15, -0.1) is 10.2 Å². The smallest absolute Gasteiger partial charge is 0.234 e. The van der Waals surface area contributed by atoms with E-state index < -0.39 is 0 Å². The van der Waals surface area contributed by atoms with Gasteiger partial charge in [0.1, 0.15) is 17.8 Å². The minimum atomic E-state index is -0.186. The maximum Gasteiger partial charge on any atom is 0.234 e. The minimum absolute atomic E-state index is 0.166. The molecule has 0 unspecified atom stereocenters. The van der Waals surface area contributed by atoms with Gasteiger partial charge in [0.15, 0.2) is 5.16 Å². The first-order valence-corrected chi connectivity index (χ1v) is 9.69.